The Hall–Kier alpha value is -2.57. The molecule has 148 valence electrons. The van der Waals surface area contributed by atoms with E-state index in [2.05, 4.69) is 15.6 Å². The molecule has 1 aromatic rings. The normalized spacial score (nSPS) is 14.6. The van der Waals surface area contributed by atoms with Crippen LogP contribution in [0.15, 0.2) is 29.3 Å². The number of carbonyl (C=O) groups excluding carboxylic acids is 2. The Bertz CT molecular complexity index is 649. The molecule has 1 aromatic carbocycles. The van der Waals surface area contributed by atoms with Crippen molar-refractivity contribution >= 4 is 17.8 Å². The number of hydrogen-bond donors (Lipinski definition) is 2. The van der Waals surface area contributed by atoms with Crippen LogP contribution in [0.4, 0.5) is 0 Å². The van der Waals surface area contributed by atoms with E-state index in [0.29, 0.717) is 19.0 Å². The van der Waals surface area contributed by atoms with E-state index in [-0.39, 0.29) is 18.4 Å². The molecule has 7 nitrogen and oxygen atoms in total. The average Bonchev–Trinajstić information content (AvgIpc) is 2.70. The molecule has 1 saturated heterocycles. The molecule has 0 atom stereocenters. The quantitative estimate of drug-likeness (QED) is 0.585. The Morgan fingerprint density at radius 1 is 1.07 bits per heavy atom. The second kappa shape index (κ2) is 10.5. The number of piperidine rings is 1. The fourth-order valence-corrected chi connectivity index (χ4v) is 2.86. The Labute approximate surface area is 161 Å². The molecule has 7 heteroatoms. The Morgan fingerprint density at radius 2 is 1.74 bits per heavy atom. The molecular weight excluding hydrogens is 342 g/mol. The number of likely N-dealkylation sites (N-methyl/N-ethyl adjacent to an activating group) is 1. The first-order valence-corrected chi connectivity index (χ1v) is 9.61. The van der Waals surface area contributed by atoms with Gasteiger partial charge in [0.25, 0.3) is 5.91 Å². The van der Waals surface area contributed by atoms with Crippen molar-refractivity contribution in [2.75, 3.05) is 40.3 Å². The van der Waals surface area contributed by atoms with Crippen LogP contribution in [0.3, 0.4) is 0 Å². The molecule has 0 spiro atoms. The zero-order valence-corrected chi connectivity index (χ0v) is 16.6. The van der Waals surface area contributed by atoms with Gasteiger partial charge in [-0.1, -0.05) is 12.1 Å². The van der Waals surface area contributed by atoms with Gasteiger partial charge in [0, 0.05) is 39.3 Å². The van der Waals surface area contributed by atoms with E-state index in [9.17, 15) is 9.59 Å². The highest BCUT2D eigenvalue weighted by Gasteiger charge is 2.17. The van der Waals surface area contributed by atoms with Crippen LogP contribution in [0.1, 0.15) is 42.1 Å². The molecule has 2 N–H and O–H groups in total. The van der Waals surface area contributed by atoms with Crippen molar-refractivity contribution in [2.45, 2.75) is 32.7 Å². The third-order valence-electron chi connectivity index (χ3n) is 4.51. The van der Waals surface area contributed by atoms with Gasteiger partial charge in [0.05, 0.1) is 13.1 Å². The zero-order valence-electron chi connectivity index (χ0n) is 16.6. The summed E-state index contributed by atoms with van der Waals surface area (Å²) in [5.74, 6) is 0.698. The summed E-state index contributed by atoms with van der Waals surface area (Å²) < 4.78 is 0. The highest BCUT2D eigenvalue weighted by molar-refractivity contribution is 5.94. The maximum Gasteiger partial charge on any atom is 0.253 e. The number of guanidine groups is 1. The molecule has 1 fully saturated rings. The Balaban J connectivity index is 1.93. The van der Waals surface area contributed by atoms with E-state index in [1.54, 1.807) is 14.1 Å². The van der Waals surface area contributed by atoms with E-state index < -0.39 is 0 Å². The van der Waals surface area contributed by atoms with Gasteiger partial charge in [0.15, 0.2) is 5.96 Å². The van der Waals surface area contributed by atoms with Crippen LogP contribution in [-0.4, -0.2) is 67.8 Å². The lowest BCUT2D eigenvalue weighted by Gasteiger charge is -2.26. The molecule has 1 aliphatic rings. The first-order chi connectivity index (χ1) is 13.0. The first kappa shape index (κ1) is 20.7. The largest absolute Gasteiger partial charge is 0.357 e. The first-order valence-electron chi connectivity index (χ1n) is 9.61. The van der Waals surface area contributed by atoms with E-state index in [0.717, 1.165) is 37.1 Å². The van der Waals surface area contributed by atoms with Gasteiger partial charge in [-0.2, -0.15) is 0 Å². The van der Waals surface area contributed by atoms with Crippen LogP contribution in [-0.2, 0) is 11.3 Å². The van der Waals surface area contributed by atoms with Crippen molar-refractivity contribution in [1.82, 2.24) is 20.4 Å². The minimum Gasteiger partial charge on any atom is -0.357 e. The second-order valence-corrected chi connectivity index (χ2v) is 6.89. The molecule has 2 rings (SSSR count). The summed E-state index contributed by atoms with van der Waals surface area (Å²) in [6.45, 7) is 5.07. The lowest BCUT2D eigenvalue weighted by Crippen LogP contribution is -2.42. The average molecular weight is 374 g/mol. The van der Waals surface area contributed by atoms with Gasteiger partial charge < -0.3 is 20.4 Å². The van der Waals surface area contributed by atoms with Gasteiger partial charge >= 0.3 is 0 Å². The van der Waals surface area contributed by atoms with Crippen molar-refractivity contribution in [3.8, 4) is 0 Å². The monoisotopic (exact) mass is 373 g/mol. The van der Waals surface area contributed by atoms with Crippen LogP contribution in [0.2, 0.25) is 0 Å². The number of likely N-dealkylation sites (tertiary alicyclic amines) is 1. The lowest BCUT2D eigenvalue weighted by molar-refractivity contribution is -0.127. The third-order valence-corrected chi connectivity index (χ3v) is 4.51. The molecule has 1 heterocycles. The van der Waals surface area contributed by atoms with Crippen LogP contribution in [0.5, 0.6) is 0 Å². The summed E-state index contributed by atoms with van der Waals surface area (Å²) in [6.07, 6.45) is 3.40. The van der Waals surface area contributed by atoms with E-state index >= 15 is 0 Å². The number of nitrogens with zero attached hydrogens (tertiary/aromatic N) is 3. The molecule has 0 aliphatic carbocycles. The molecule has 2 amide bonds. The second-order valence-electron chi connectivity index (χ2n) is 6.89. The van der Waals surface area contributed by atoms with Gasteiger partial charge in [0.1, 0.15) is 0 Å². The minimum absolute atomic E-state index is 0.0128. The van der Waals surface area contributed by atoms with Crippen molar-refractivity contribution in [1.29, 1.82) is 0 Å². The SMILES string of the molecule is CCNC(=NCc1ccc(C(=O)N2CCCCC2)cc1)NCC(=O)N(C)C. The zero-order chi connectivity index (χ0) is 19.6. The van der Waals surface area contributed by atoms with Gasteiger partial charge in [0.2, 0.25) is 5.91 Å². The lowest BCUT2D eigenvalue weighted by atomic mass is 10.1. The van der Waals surface area contributed by atoms with Gasteiger partial charge in [-0.05, 0) is 43.9 Å². The fourth-order valence-electron chi connectivity index (χ4n) is 2.86. The van der Waals surface area contributed by atoms with E-state index in [4.69, 9.17) is 0 Å². The topological polar surface area (TPSA) is 77.0 Å². The maximum atomic E-state index is 12.5. The number of aliphatic imine (C=N–C) groups is 1. The number of benzene rings is 1. The number of carbonyl (C=O) groups is 2. The van der Waals surface area contributed by atoms with Gasteiger partial charge in [-0.15, -0.1) is 0 Å². The number of rotatable bonds is 6. The molecular formula is C20H31N5O2. The summed E-state index contributed by atoms with van der Waals surface area (Å²) in [6, 6.07) is 7.62. The molecule has 27 heavy (non-hydrogen) atoms. The maximum absolute atomic E-state index is 12.5. The fraction of sp³-hybridized carbons (Fsp3) is 0.550. The molecule has 0 radical (unpaired) electrons. The summed E-state index contributed by atoms with van der Waals surface area (Å²) >= 11 is 0. The highest BCUT2D eigenvalue weighted by Crippen LogP contribution is 2.14. The van der Waals surface area contributed by atoms with Gasteiger partial charge in [-0.3, -0.25) is 9.59 Å². The molecule has 0 bridgehead atoms. The standard InChI is InChI=1S/C20H31N5O2/c1-4-21-20(23-15-18(26)24(2)3)22-14-16-8-10-17(11-9-16)19(27)25-12-6-5-7-13-25/h8-11H,4-7,12-15H2,1-3H3,(H2,21,22,23). The molecule has 0 unspecified atom stereocenters. The van der Waals surface area contributed by atoms with Crippen LogP contribution in [0.25, 0.3) is 0 Å². The minimum atomic E-state index is -0.0128. The summed E-state index contributed by atoms with van der Waals surface area (Å²) in [7, 11) is 3.45. The predicted octanol–water partition coefficient (Wildman–Crippen LogP) is 1.46. The van der Waals surface area contributed by atoms with Crippen molar-refractivity contribution < 1.29 is 9.59 Å². The molecule has 0 aromatic heterocycles. The summed E-state index contributed by atoms with van der Waals surface area (Å²) in [5.41, 5.74) is 1.74. The smallest absolute Gasteiger partial charge is 0.253 e. The van der Waals surface area contributed by atoms with Crippen molar-refractivity contribution in [3.63, 3.8) is 0 Å². The summed E-state index contributed by atoms with van der Waals surface area (Å²) in [5, 5.41) is 6.16. The van der Waals surface area contributed by atoms with Crippen LogP contribution >= 0.6 is 0 Å². The number of amides is 2. The number of hydrogen-bond acceptors (Lipinski definition) is 3. The molecule has 1 aliphatic heterocycles. The van der Waals surface area contributed by atoms with Crippen molar-refractivity contribution in [2.24, 2.45) is 4.99 Å². The van der Waals surface area contributed by atoms with E-state index in [1.165, 1.54) is 11.3 Å². The van der Waals surface area contributed by atoms with Gasteiger partial charge in [-0.25, -0.2) is 4.99 Å². The Kier molecular flexibility index (Phi) is 8.10. The van der Waals surface area contributed by atoms with E-state index in [1.807, 2.05) is 36.1 Å². The van der Waals surface area contributed by atoms with Crippen LogP contribution < -0.4 is 10.6 Å². The highest BCUT2D eigenvalue weighted by atomic mass is 16.2. The Morgan fingerprint density at radius 3 is 2.33 bits per heavy atom. The third kappa shape index (κ3) is 6.58. The van der Waals surface area contributed by atoms with Crippen LogP contribution in [0, 0.1) is 0 Å². The van der Waals surface area contributed by atoms with Crippen molar-refractivity contribution in [3.05, 3.63) is 35.4 Å². The summed E-state index contributed by atoms with van der Waals surface area (Å²) in [4.78, 5) is 32.2. The number of nitrogens with one attached hydrogen (secondary N) is 2. The molecule has 0 saturated carbocycles. The predicted molar refractivity (Wildman–Crippen MR) is 108 cm³/mol.